The lowest BCUT2D eigenvalue weighted by atomic mass is 10.1. The molecule has 2 aliphatic rings. The number of nitrogens with one attached hydrogen (secondary N) is 2. The average molecular weight is 265 g/mol. The van der Waals surface area contributed by atoms with Gasteiger partial charge in [0, 0.05) is 0 Å². The van der Waals surface area contributed by atoms with Crippen molar-refractivity contribution in [2.24, 2.45) is 0 Å². The number of aliphatic hydroxyl groups excluding tert-OH is 1. The summed E-state index contributed by atoms with van der Waals surface area (Å²) in [5.41, 5.74) is -0.0754. The number of carbonyl (C=O) groups is 1. The largest absolute Gasteiger partial charge is 0.394 e. The summed E-state index contributed by atoms with van der Waals surface area (Å²) in [6.07, 6.45) is 5.38. The predicted molar refractivity (Wildman–Crippen MR) is 67.7 cm³/mol. The normalized spacial score (nSPS) is 22.2. The first-order chi connectivity index (χ1) is 9.22. The Hall–Kier alpha value is -1.47. The summed E-state index contributed by atoms with van der Waals surface area (Å²) in [6, 6.07) is 0.322. The molecule has 7 nitrogen and oxygen atoms in total. The van der Waals surface area contributed by atoms with Crippen LogP contribution in [0.4, 0.5) is 0 Å². The number of hydrogen-bond donors (Lipinski definition) is 3. The van der Waals surface area contributed by atoms with Crippen LogP contribution in [0.25, 0.3) is 0 Å². The number of nitrogens with zero attached hydrogens (tertiary/aromatic N) is 3. The van der Waals surface area contributed by atoms with Crippen molar-refractivity contribution in [2.45, 2.75) is 37.3 Å². The monoisotopic (exact) mass is 265 g/mol. The van der Waals surface area contributed by atoms with Gasteiger partial charge in [-0.15, -0.1) is 5.10 Å². The summed E-state index contributed by atoms with van der Waals surface area (Å²) < 4.78 is 1.79. The smallest absolute Gasteiger partial charge is 0.273 e. The van der Waals surface area contributed by atoms with E-state index in [4.69, 9.17) is 0 Å². The summed E-state index contributed by atoms with van der Waals surface area (Å²) in [4.78, 5) is 12.0. The summed E-state index contributed by atoms with van der Waals surface area (Å²) in [5, 5.41) is 23.3. The van der Waals surface area contributed by atoms with Gasteiger partial charge in [-0.2, -0.15) is 0 Å². The zero-order valence-electron chi connectivity index (χ0n) is 10.8. The first kappa shape index (κ1) is 12.6. The molecule has 3 rings (SSSR count). The van der Waals surface area contributed by atoms with Crippen LogP contribution in [0.2, 0.25) is 0 Å². The molecule has 1 amide bonds. The topological polar surface area (TPSA) is 92.1 Å². The molecule has 0 bridgehead atoms. The predicted octanol–water partition coefficient (Wildman–Crippen LogP) is -0.543. The molecule has 0 aromatic carbocycles. The third kappa shape index (κ3) is 2.62. The summed E-state index contributed by atoms with van der Waals surface area (Å²) in [7, 11) is 0. The molecular formula is C12H19N5O2. The fourth-order valence-corrected chi connectivity index (χ4v) is 2.41. The lowest BCUT2D eigenvalue weighted by molar-refractivity contribution is 0.0901. The Morgan fingerprint density at radius 2 is 2.26 bits per heavy atom. The molecule has 0 atom stereocenters. The summed E-state index contributed by atoms with van der Waals surface area (Å²) in [5.74, 6) is -0.244. The minimum atomic E-state index is -0.407. The standard InChI is InChI=1S/C12H19N5O2/c18-8-12(3-4-12)14-11(19)10-7-17(16-15-10)9-1-5-13-6-2-9/h7,9,13,18H,1-6,8H2,(H,14,19). The minimum Gasteiger partial charge on any atom is -0.394 e. The maximum absolute atomic E-state index is 12.0. The Kier molecular flexibility index (Phi) is 3.24. The van der Waals surface area contributed by atoms with E-state index in [2.05, 4.69) is 20.9 Å². The van der Waals surface area contributed by atoms with Crippen LogP contribution in [0.3, 0.4) is 0 Å². The molecule has 104 valence electrons. The molecule has 1 aliphatic heterocycles. The zero-order valence-corrected chi connectivity index (χ0v) is 10.8. The SMILES string of the molecule is O=C(NC1(CO)CC1)c1cn(C2CCNCC2)nn1. The van der Waals surface area contributed by atoms with Crippen LogP contribution in [0.5, 0.6) is 0 Å². The minimum absolute atomic E-state index is 0.0127. The number of rotatable bonds is 4. The van der Waals surface area contributed by atoms with Crippen LogP contribution in [0, 0.1) is 0 Å². The molecule has 2 fully saturated rings. The molecule has 1 saturated carbocycles. The maximum atomic E-state index is 12.0. The van der Waals surface area contributed by atoms with Gasteiger partial charge in [-0.3, -0.25) is 4.79 Å². The van der Waals surface area contributed by atoms with Gasteiger partial charge in [-0.05, 0) is 38.8 Å². The quantitative estimate of drug-likeness (QED) is 0.680. The van der Waals surface area contributed by atoms with E-state index in [9.17, 15) is 9.90 Å². The number of aromatic nitrogens is 3. The highest BCUT2D eigenvalue weighted by molar-refractivity contribution is 5.92. The molecule has 2 heterocycles. The number of hydrogen-bond acceptors (Lipinski definition) is 5. The maximum Gasteiger partial charge on any atom is 0.273 e. The van der Waals surface area contributed by atoms with Crippen LogP contribution in [0.1, 0.15) is 42.2 Å². The second-order valence-corrected chi connectivity index (χ2v) is 5.46. The second-order valence-electron chi connectivity index (χ2n) is 5.46. The molecule has 7 heteroatoms. The van der Waals surface area contributed by atoms with Gasteiger partial charge in [-0.25, -0.2) is 4.68 Å². The Balaban J connectivity index is 1.65. The van der Waals surface area contributed by atoms with E-state index in [0.29, 0.717) is 11.7 Å². The molecule has 1 saturated heterocycles. The summed E-state index contributed by atoms with van der Waals surface area (Å²) >= 11 is 0. The molecule has 0 radical (unpaired) electrons. The molecule has 1 aromatic rings. The van der Waals surface area contributed by atoms with Crippen molar-refractivity contribution in [3.05, 3.63) is 11.9 Å². The number of aliphatic hydroxyl groups is 1. The van der Waals surface area contributed by atoms with Crippen molar-refractivity contribution in [1.29, 1.82) is 0 Å². The third-order valence-electron chi connectivity index (χ3n) is 3.96. The van der Waals surface area contributed by atoms with E-state index in [1.165, 1.54) is 0 Å². The highest BCUT2D eigenvalue weighted by Crippen LogP contribution is 2.34. The van der Waals surface area contributed by atoms with Gasteiger partial charge in [0.15, 0.2) is 5.69 Å². The van der Waals surface area contributed by atoms with Crippen molar-refractivity contribution in [1.82, 2.24) is 25.6 Å². The van der Waals surface area contributed by atoms with E-state index in [0.717, 1.165) is 38.8 Å². The molecular weight excluding hydrogens is 246 g/mol. The molecule has 1 aromatic heterocycles. The van der Waals surface area contributed by atoms with Crippen molar-refractivity contribution >= 4 is 5.91 Å². The lowest BCUT2D eigenvalue weighted by Gasteiger charge is -2.22. The van der Waals surface area contributed by atoms with Gasteiger partial charge in [-0.1, -0.05) is 5.21 Å². The van der Waals surface area contributed by atoms with Gasteiger partial charge >= 0.3 is 0 Å². The molecule has 0 spiro atoms. The van der Waals surface area contributed by atoms with Crippen LogP contribution in [0.15, 0.2) is 6.20 Å². The molecule has 3 N–H and O–H groups in total. The Bertz CT molecular complexity index is 462. The van der Waals surface area contributed by atoms with Crippen molar-refractivity contribution < 1.29 is 9.90 Å². The average Bonchev–Trinajstić information content (AvgIpc) is 3.04. The van der Waals surface area contributed by atoms with Gasteiger partial charge in [0.1, 0.15) is 0 Å². The van der Waals surface area contributed by atoms with E-state index in [1.807, 2.05) is 0 Å². The van der Waals surface area contributed by atoms with Crippen LogP contribution in [-0.2, 0) is 0 Å². The second kappa shape index (κ2) is 4.90. The van der Waals surface area contributed by atoms with E-state index < -0.39 is 5.54 Å². The van der Waals surface area contributed by atoms with Gasteiger partial charge in [0.05, 0.1) is 24.4 Å². The molecule has 0 unspecified atom stereocenters. The van der Waals surface area contributed by atoms with Gasteiger partial charge in [0.25, 0.3) is 5.91 Å². The lowest BCUT2D eigenvalue weighted by Crippen LogP contribution is -2.39. The Morgan fingerprint density at radius 1 is 1.53 bits per heavy atom. The highest BCUT2D eigenvalue weighted by atomic mass is 16.3. The van der Waals surface area contributed by atoms with Crippen molar-refractivity contribution in [3.8, 4) is 0 Å². The van der Waals surface area contributed by atoms with E-state index in [1.54, 1.807) is 10.9 Å². The first-order valence-corrected chi connectivity index (χ1v) is 6.78. The number of piperidine rings is 1. The van der Waals surface area contributed by atoms with Crippen LogP contribution < -0.4 is 10.6 Å². The van der Waals surface area contributed by atoms with Crippen molar-refractivity contribution in [2.75, 3.05) is 19.7 Å². The number of carbonyl (C=O) groups excluding carboxylic acids is 1. The van der Waals surface area contributed by atoms with E-state index >= 15 is 0 Å². The zero-order chi connectivity index (χ0) is 13.3. The fraction of sp³-hybridized carbons (Fsp3) is 0.750. The molecule has 19 heavy (non-hydrogen) atoms. The third-order valence-corrected chi connectivity index (χ3v) is 3.96. The Morgan fingerprint density at radius 3 is 2.89 bits per heavy atom. The van der Waals surface area contributed by atoms with Crippen LogP contribution >= 0.6 is 0 Å². The first-order valence-electron chi connectivity index (χ1n) is 6.78. The Labute approximate surface area is 111 Å². The van der Waals surface area contributed by atoms with Crippen LogP contribution in [-0.4, -0.2) is 51.2 Å². The fourth-order valence-electron chi connectivity index (χ4n) is 2.41. The van der Waals surface area contributed by atoms with Gasteiger partial charge in [0.2, 0.25) is 0 Å². The highest BCUT2D eigenvalue weighted by Gasteiger charge is 2.43. The van der Waals surface area contributed by atoms with Gasteiger partial charge < -0.3 is 15.7 Å². The number of amides is 1. The summed E-state index contributed by atoms with van der Waals surface area (Å²) in [6.45, 7) is 1.93. The molecule has 1 aliphatic carbocycles. The van der Waals surface area contributed by atoms with E-state index in [-0.39, 0.29) is 12.5 Å². The van der Waals surface area contributed by atoms with Crippen molar-refractivity contribution in [3.63, 3.8) is 0 Å².